The Hall–Kier alpha value is -2.47. The zero-order valence-corrected chi connectivity index (χ0v) is 15.7. The lowest BCUT2D eigenvalue weighted by Gasteiger charge is -2.32. The molecule has 1 atom stereocenters. The standard InChI is InChI=1S/C21H26FN3O2/c1-2-9-25-10-3-4-16(15-25)12-24-21(26)17-11-20(14-23-13-17)27-19-7-5-18(22)6-8-19/h5-8,11,13-14,16H,2-4,9-10,12,15H2,1H3,(H,24,26). The minimum atomic E-state index is -0.325. The van der Waals surface area contributed by atoms with Gasteiger partial charge in [-0.1, -0.05) is 6.92 Å². The molecule has 0 bridgehead atoms. The number of ether oxygens (including phenoxy) is 1. The van der Waals surface area contributed by atoms with E-state index < -0.39 is 0 Å². The number of amides is 1. The molecular weight excluding hydrogens is 345 g/mol. The maximum atomic E-state index is 13.0. The summed E-state index contributed by atoms with van der Waals surface area (Å²) in [7, 11) is 0. The molecule has 1 N–H and O–H groups in total. The van der Waals surface area contributed by atoms with Gasteiger partial charge in [-0.25, -0.2) is 4.39 Å². The minimum absolute atomic E-state index is 0.153. The second-order valence-corrected chi connectivity index (χ2v) is 6.98. The van der Waals surface area contributed by atoms with Gasteiger partial charge in [-0.15, -0.1) is 0 Å². The van der Waals surface area contributed by atoms with E-state index in [1.165, 1.54) is 43.1 Å². The van der Waals surface area contributed by atoms with Crippen LogP contribution in [0.3, 0.4) is 0 Å². The van der Waals surface area contributed by atoms with E-state index in [0.29, 0.717) is 29.5 Å². The summed E-state index contributed by atoms with van der Waals surface area (Å²) in [5, 5.41) is 3.02. The van der Waals surface area contributed by atoms with Crippen LogP contribution in [-0.2, 0) is 0 Å². The van der Waals surface area contributed by atoms with Crippen molar-refractivity contribution in [2.75, 3.05) is 26.2 Å². The number of likely N-dealkylation sites (tertiary alicyclic amines) is 1. The van der Waals surface area contributed by atoms with Crippen molar-refractivity contribution in [2.24, 2.45) is 5.92 Å². The van der Waals surface area contributed by atoms with E-state index in [9.17, 15) is 9.18 Å². The third kappa shape index (κ3) is 5.76. The van der Waals surface area contributed by atoms with Crippen LogP contribution in [-0.4, -0.2) is 42.0 Å². The topological polar surface area (TPSA) is 54.5 Å². The van der Waals surface area contributed by atoms with E-state index in [2.05, 4.69) is 22.1 Å². The molecular formula is C21H26FN3O2. The molecule has 1 unspecified atom stereocenters. The van der Waals surface area contributed by atoms with Crippen molar-refractivity contribution >= 4 is 5.91 Å². The second kappa shape index (κ2) is 9.46. The molecule has 3 rings (SSSR count). The lowest BCUT2D eigenvalue weighted by Crippen LogP contribution is -2.41. The van der Waals surface area contributed by atoms with Crippen LogP contribution in [0.1, 0.15) is 36.5 Å². The molecule has 1 fully saturated rings. The highest BCUT2D eigenvalue weighted by atomic mass is 19.1. The number of nitrogens with zero attached hydrogens (tertiary/aromatic N) is 2. The lowest BCUT2D eigenvalue weighted by molar-refractivity contribution is 0.0931. The van der Waals surface area contributed by atoms with E-state index in [1.807, 2.05) is 0 Å². The van der Waals surface area contributed by atoms with Gasteiger partial charge < -0.3 is 15.0 Å². The van der Waals surface area contributed by atoms with Gasteiger partial charge in [0.2, 0.25) is 0 Å². The first kappa shape index (κ1) is 19.3. The highest BCUT2D eigenvalue weighted by Gasteiger charge is 2.20. The number of carbonyl (C=O) groups is 1. The molecule has 2 heterocycles. The number of piperidine rings is 1. The molecule has 0 spiro atoms. The molecule has 27 heavy (non-hydrogen) atoms. The average Bonchev–Trinajstić information content (AvgIpc) is 2.69. The summed E-state index contributed by atoms with van der Waals surface area (Å²) >= 11 is 0. The van der Waals surface area contributed by atoms with E-state index in [-0.39, 0.29) is 11.7 Å². The number of benzene rings is 1. The van der Waals surface area contributed by atoms with Gasteiger partial charge in [0.05, 0.1) is 11.8 Å². The number of halogens is 1. The summed E-state index contributed by atoms with van der Waals surface area (Å²) in [4.78, 5) is 19.0. The van der Waals surface area contributed by atoms with Gasteiger partial charge in [0.15, 0.2) is 0 Å². The van der Waals surface area contributed by atoms with Crippen molar-refractivity contribution in [2.45, 2.75) is 26.2 Å². The first-order valence-electron chi connectivity index (χ1n) is 9.53. The Morgan fingerprint density at radius 2 is 2.11 bits per heavy atom. The summed E-state index contributed by atoms with van der Waals surface area (Å²) in [6.07, 6.45) is 6.54. The Morgan fingerprint density at radius 3 is 2.89 bits per heavy atom. The van der Waals surface area contributed by atoms with Gasteiger partial charge in [0.25, 0.3) is 5.91 Å². The molecule has 1 amide bonds. The molecule has 1 saturated heterocycles. The Bertz CT molecular complexity index is 749. The Morgan fingerprint density at radius 1 is 1.30 bits per heavy atom. The van der Waals surface area contributed by atoms with Crippen molar-refractivity contribution < 1.29 is 13.9 Å². The van der Waals surface area contributed by atoms with Gasteiger partial charge in [0.1, 0.15) is 17.3 Å². The normalized spacial score (nSPS) is 17.5. The van der Waals surface area contributed by atoms with Crippen LogP contribution in [0.25, 0.3) is 0 Å². The highest BCUT2D eigenvalue weighted by molar-refractivity contribution is 5.94. The predicted octanol–water partition coefficient (Wildman–Crippen LogP) is 3.86. The van der Waals surface area contributed by atoms with Gasteiger partial charge in [-0.3, -0.25) is 9.78 Å². The fourth-order valence-electron chi connectivity index (χ4n) is 3.41. The predicted molar refractivity (Wildman–Crippen MR) is 102 cm³/mol. The molecule has 0 saturated carbocycles. The first-order valence-corrected chi connectivity index (χ1v) is 9.53. The SMILES string of the molecule is CCCN1CCCC(CNC(=O)c2cncc(Oc3ccc(F)cc3)c2)C1. The van der Waals surface area contributed by atoms with Crippen LogP contribution < -0.4 is 10.1 Å². The summed E-state index contributed by atoms with van der Waals surface area (Å²) in [5.41, 5.74) is 0.454. The summed E-state index contributed by atoms with van der Waals surface area (Å²) in [6.45, 7) is 6.18. The third-order valence-electron chi connectivity index (χ3n) is 4.72. The molecule has 2 aromatic rings. The number of nitrogens with one attached hydrogen (secondary N) is 1. The van der Waals surface area contributed by atoms with Crippen molar-refractivity contribution in [3.63, 3.8) is 0 Å². The number of aromatic nitrogens is 1. The highest BCUT2D eigenvalue weighted by Crippen LogP contribution is 2.22. The molecule has 144 valence electrons. The number of pyridine rings is 1. The number of carbonyl (C=O) groups excluding carboxylic acids is 1. The maximum absolute atomic E-state index is 13.0. The Labute approximate surface area is 159 Å². The van der Waals surface area contributed by atoms with Crippen LogP contribution >= 0.6 is 0 Å². The zero-order chi connectivity index (χ0) is 19.1. The van der Waals surface area contributed by atoms with Crippen LogP contribution in [0.4, 0.5) is 4.39 Å². The third-order valence-corrected chi connectivity index (χ3v) is 4.72. The van der Waals surface area contributed by atoms with Crippen molar-refractivity contribution in [1.82, 2.24) is 15.2 Å². The van der Waals surface area contributed by atoms with E-state index in [0.717, 1.165) is 32.5 Å². The van der Waals surface area contributed by atoms with Gasteiger partial charge in [-0.2, -0.15) is 0 Å². The van der Waals surface area contributed by atoms with Crippen molar-refractivity contribution in [1.29, 1.82) is 0 Å². The Balaban J connectivity index is 1.54. The van der Waals surface area contributed by atoms with E-state index >= 15 is 0 Å². The first-order chi connectivity index (χ1) is 13.1. The fourth-order valence-corrected chi connectivity index (χ4v) is 3.41. The maximum Gasteiger partial charge on any atom is 0.252 e. The van der Waals surface area contributed by atoms with Gasteiger partial charge in [-0.05, 0) is 68.6 Å². The smallest absolute Gasteiger partial charge is 0.252 e. The number of hydrogen-bond donors (Lipinski definition) is 1. The van der Waals surface area contributed by atoms with Crippen LogP contribution in [0, 0.1) is 11.7 Å². The molecule has 0 radical (unpaired) electrons. The quantitative estimate of drug-likeness (QED) is 0.803. The molecule has 0 aliphatic carbocycles. The Kier molecular flexibility index (Phi) is 6.76. The van der Waals surface area contributed by atoms with Crippen LogP contribution in [0.5, 0.6) is 11.5 Å². The average molecular weight is 371 g/mol. The molecule has 5 nitrogen and oxygen atoms in total. The van der Waals surface area contributed by atoms with Crippen molar-refractivity contribution in [3.8, 4) is 11.5 Å². The minimum Gasteiger partial charge on any atom is -0.456 e. The van der Waals surface area contributed by atoms with E-state index in [4.69, 9.17) is 4.74 Å². The molecule has 6 heteroatoms. The van der Waals surface area contributed by atoms with Crippen LogP contribution in [0.2, 0.25) is 0 Å². The van der Waals surface area contributed by atoms with Gasteiger partial charge >= 0.3 is 0 Å². The van der Waals surface area contributed by atoms with Crippen molar-refractivity contribution in [3.05, 3.63) is 54.1 Å². The number of hydrogen-bond acceptors (Lipinski definition) is 4. The summed E-state index contributed by atoms with van der Waals surface area (Å²) < 4.78 is 18.6. The van der Waals surface area contributed by atoms with Crippen LogP contribution in [0.15, 0.2) is 42.7 Å². The largest absolute Gasteiger partial charge is 0.456 e. The van der Waals surface area contributed by atoms with Gasteiger partial charge in [0, 0.05) is 19.3 Å². The summed E-state index contributed by atoms with van der Waals surface area (Å²) in [6, 6.07) is 7.37. The molecule has 1 aromatic heterocycles. The fraction of sp³-hybridized carbons (Fsp3) is 0.429. The lowest BCUT2D eigenvalue weighted by atomic mass is 9.98. The molecule has 1 aliphatic rings. The summed E-state index contributed by atoms with van der Waals surface area (Å²) in [5.74, 6) is 0.948. The molecule has 1 aromatic carbocycles. The second-order valence-electron chi connectivity index (χ2n) is 6.98. The molecule has 1 aliphatic heterocycles. The monoisotopic (exact) mass is 371 g/mol. The number of rotatable bonds is 7. The zero-order valence-electron chi connectivity index (χ0n) is 15.7. The van der Waals surface area contributed by atoms with E-state index in [1.54, 1.807) is 6.07 Å².